The maximum absolute atomic E-state index is 8.97. The minimum atomic E-state index is 0.0864. The lowest BCUT2D eigenvalue weighted by atomic mass is 9.90. The van der Waals surface area contributed by atoms with Gasteiger partial charge in [0, 0.05) is 23.9 Å². The first-order chi connectivity index (χ1) is 6.83. The van der Waals surface area contributed by atoms with E-state index in [9.17, 15) is 0 Å². The summed E-state index contributed by atoms with van der Waals surface area (Å²) >= 11 is 4.42. The fourth-order valence-corrected chi connectivity index (χ4v) is 2.27. The molecule has 0 aromatic heterocycles. The van der Waals surface area contributed by atoms with Gasteiger partial charge < -0.3 is 5.32 Å². The number of thiol groups is 1. The van der Waals surface area contributed by atoms with E-state index in [1.807, 2.05) is 18.2 Å². The van der Waals surface area contributed by atoms with E-state index in [0.29, 0.717) is 5.92 Å². The minimum Gasteiger partial charge on any atom is -0.315 e. The van der Waals surface area contributed by atoms with Crippen LogP contribution in [0.25, 0.3) is 0 Å². The van der Waals surface area contributed by atoms with Crippen LogP contribution in [-0.2, 0) is 0 Å². The highest BCUT2D eigenvalue weighted by Gasteiger charge is 2.29. The van der Waals surface area contributed by atoms with E-state index < -0.39 is 0 Å². The third-order valence-corrected chi connectivity index (χ3v) is 3.12. The fraction of sp³-hybridized carbons (Fsp3) is 0.364. The Balaban J connectivity index is 2.31. The molecule has 0 radical (unpaired) electrons. The summed E-state index contributed by atoms with van der Waals surface area (Å²) in [6.45, 7) is 1.68. The predicted octanol–water partition coefficient (Wildman–Crippen LogP) is 1.80. The second-order valence-corrected chi connectivity index (χ2v) is 4.04. The number of nitriles is 1. The quantitative estimate of drug-likeness (QED) is 0.684. The molecule has 2 atom stereocenters. The van der Waals surface area contributed by atoms with Gasteiger partial charge in [-0.3, -0.25) is 0 Å². The number of hydrogen-bond acceptors (Lipinski definition) is 3. The van der Waals surface area contributed by atoms with Gasteiger partial charge in [0.25, 0.3) is 0 Å². The lowest BCUT2D eigenvalue weighted by Gasteiger charge is -2.14. The van der Waals surface area contributed by atoms with Gasteiger partial charge in [0.2, 0.25) is 0 Å². The molecule has 72 valence electrons. The zero-order valence-electron chi connectivity index (χ0n) is 7.77. The van der Waals surface area contributed by atoms with E-state index in [1.54, 1.807) is 0 Å². The average Bonchev–Trinajstić information content (AvgIpc) is 2.66. The van der Waals surface area contributed by atoms with Gasteiger partial charge >= 0.3 is 0 Å². The van der Waals surface area contributed by atoms with Gasteiger partial charge in [-0.25, -0.2) is 0 Å². The van der Waals surface area contributed by atoms with Crippen LogP contribution in [0.15, 0.2) is 29.2 Å². The van der Waals surface area contributed by atoms with E-state index in [2.05, 4.69) is 30.1 Å². The topological polar surface area (TPSA) is 35.8 Å². The molecule has 1 N–H and O–H groups in total. The minimum absolute atomic E-state index is 0.0864. The van der Waals surface area contributed by atoms with E-state index in [4.69, 9.17) is 5.26 Å². The Morgan fingerprint density at radius 2 is 2.14 bits per heavy atom. The molecular formula is C11H12N2S. The van der Waals surface area contributed by atoms with Crippen molar-refractivity contribution in [2.75, 3.05) is 13.1 Å². The Morgan fingerprint density at radius 3 is 2.86 bits per heavy atom. The summed E-state index contributed by atoms with van der Waals surface area (Å²) in [4.78, 5) is 0.987. The van der Waals surface area contributed by atoms with Crippen molar-refractivity contribution < 1.29 is 0 Å². The summed E-state index contributed by atoms with van der Waals surface area (Å²) < 4.78 is 0. The van der Waals surface area contributed by atoms with Crippen LogP contribution < -0.4 is 5.32 Å². The second kappa shape index (κ2) is 4.04. The molecule has 1 aliphatic heterocycles. The smallest absolute Gasteiger partial charge is 0.0676 e. The second-order valence-electron chi connectivity index (χ2n) is 3.56. The number of nitrogens with zero attached hydrogens (tertiary/aromatic N) is 1. The molecule has 3 heteroatoms. The van der Waals surface area contributed by atoms with E-state index in [-0.39, 0.29) is 5.92 Å². The fourth-order valence-electron chi connectivity index (χ4n) is 1.94. The Kier molecular flexibility index (Phi) is 2.76. The van der Waals surface area contributed by atoms with Crippen LogP contribution >= 0.6 is 12.6 Å². The molecule has 1 heterocycles. The highest BCUT2D eigenvalue weighted by Crippen LogP contribution is 2.31. The van der Waals surface area contributed by atoms with Crippen molar-refractivity contribution in [3.63, 3.8) is 0 Å². The molecule has 1 aromatic rings. The molecule has 1 saturated heterocycles. The summed E-state index contributed by atoms with van der Waals surface area (Å²) in [5, 5.41) is 12.2. The monoisotopic (exact) mass is 204 g/mol. The standard InChI is InChI=1S/C11H12N2S/c12-5-8-6-13-7-10(8)9-3-1-2-4-11(9)14/h1-4,8,10,13-14H,6-7H2. The van der Waals surface area contributed by atoms with Crippen LogP contribution in [0.3, 0.4) is 0 Å². The zero-order chi connectivity index (χ0) is 9.97. The lowest BCUT2D eigenvalue weighted by Crippen LogP contribution is -2.09. The van der Waals surface area contributed by atoms with Crippen molar-refractivity contribution in [3.8, 4) is 6.07 Å². The number of hydrogen-bond donors (Lipinski definition) is 2. The van der Waals surface area contributed by atoms with Crippen LogP contribution in [0, 0.1) is 17.2 Å². The van der Waals surface area contributed by atoms with E-state index in [0.717, 1.165) is 18.0 Å². The first-order valence-corrected chi connectivity index (χ1v) is 5.16. The molecule has 1 aliphatic rings. The largest absolute Gasteiger partial charge is 0.315 e. The van der Waals surface area contributed by atoms with Crippen LogP contribution in [0.5, 0.6) is 0 Å². The summed E-state index contributed by atoms with van der Waals surface area (Å²) in [5.74, 6) is 0.386. The molecule has 1 aromatic carbocycles. The van der Waals surface area contributed by atoms with Gasteiger partial charge in [0.15, 0.2) is 0 Å². The Labute approximate surface area is 89.3 Å². The average molecular weight is 204 g/mol. The van der Waals surface area contributed by atoms with Crippen molar-refractivity contribution in [1.82, 2.24) is 5.32 Å². The Bertz CT molecular complexity index is 370. The molecule has 2 rings (SSSR count). The molecule has 2 nitrogen and oxygen atoms in total. The Morgan fingerprint density at radius 1 is 1.36 bits per heavy atom. The van der Waals surface area contributed by atoms with Gasteiger partial charge in [-0.2, -0.15) is 5.26 Å². The predicted molar refractivity (Wildman–Crippen MR) is 58.4 cm³/mol. The molecular weight excluding hydrogens is 192 g/mol. The molecule has 1 fully saturated rings. The third kappa shape index (κ3) is 1.63. The molecule has 0 spiro atoms. The van der Waals surface area contributed by atoms with Gasteiger partial charge in [-0.15, -0.1) is 12.6 Å². The van der Waals surface area contributed by atoms with Gasteiger partial charge in [0.05, 0.1) is 12.0 Å². The summed E-state index contributed by atoms with van der Waals surface area (Å²) in [6.07, 6.45) is 0. The normalized spacial score (nSPS) is 26.0. The zero-order valence-corrected chi connectivity index (χ0v) is 8.67. The van der Waals surface area contributed by atoms with Crippen molar-refractivity contribution in [3.05, 3.63) is 29.8 Å². The van der Waals surface area contributed by atoms with Crippen LogP contribution in [0.4, 0.5) is 0 Å². The summed E-state index contributed by atoms with van der Waals surface area (Å²) in [7, 11) is 0. The van der Waals surface area contributed by atoms with E-state index >= 15 is 0 Å². The van der Waals surface area contributed by atoms with Crippen LogP contribution in [0.2, 0.25) is 0 Å². The highest BCUT2D eigenvalue weighted by molar-refractivity contribution is 7.80. The van der Waals surface area contributed by atoms with Crippen molar-refractivity contribution in [1.29, 1.82) is 5.26 Å². The van der Waals surface area contributed by atoms with Gasteiger partial charge in [-0.1, -0.05) is 18.2 Å². The first-order valence-electron chi connectivity index (χ1n) is 4.71. The molecule has 0 aliphatic carbocycles. The molecule has 14 heavy (non-hydrogen) atoms. The van der Waals surface area contributed by atoms with Crippen molar-refractivity contribution in [2.24, 2.45) is 5.92 Å². The molecule has 0 amide bonds. The highest BCUT2D eigenvalue weighted by atomic mass is 32.1. The maximum atomic E-state index is 8.97. The summed E-state index contributed by atoms with van der Waals surface area (Å²) in [6, 6.07) is 10.4. The first kappa shape index (κ1) is 9.57. The van der Waals surface area contributed by atoms with Crippen molar-refractivity contribution in [2.45, 2.75) is 10.8 Å². The molecule has 0 saturated carbocycles. The molecule has 2 unspecified atom stereocenters. The van der Waals surface area contributed by atoms with Gasteiger partial charge in [0.1, 0.15) is 0 Å². The molecule has 0 bridgehead atoms. The summed E-state index contributed by atoms with van der Waals surface area (Å²) in [5.41, 5.74) is 1.19. The number of rotatable bonds is 1. The van der Waals surface area contributed by atoms with Crippen molar-refractivity contribution >= 4 is 12.6 Å². The SMILES string of the molecule is N#CC1CNCC1c1ccccc1S. The van der Waals surface area contributed by atoms with Crippen LogP contribution in [0.1, 0.15) is 11.5 Å². The number of benzene rings is 1. The maximum Gasteiger partial charge on any atom is 0.0676 e. The van der Waals surface area contributed by atoms with Crippen LogP contribution in [-0.4, -0.2) is 13.1 Å². The van der Waals surface area contributed by atoms with Gasteiger partial charge in [-0.05, 0) is 11.6 Å². The lowest BCUT2D eigenvalue weighted by molar-refractivity contribution is 0.637. The Hall–Kier alpha value is -0.980. The number of nitrogens with one attached hydrogen (secondary N) is 1. The van der Waals surface area contributed by atoms with E-state index in [1.165, 1.54) is 5.56 Å². The third-order valence-electron chi connectivity index (χ3n) is 2.72.